The first kappa shape index (κ1) is 16.2. The SMILES string of the molecule is CC(C)(CO)NC(=O)NC1CC(=O)N(c2cccc(F)c2)C1. The van der Waals surface area contributed by atoms with E-state index in [1.165, 1.54) is 23.1 Å². The number of hydrogen-bond acceptors (Lipinski definition) is 3. The third kappa shape index (κ3) is 3.94. The normalized spacial score (nSPS) is 18.5. The van der Waals surface area contributed by atoms with Crippen molar-refractivity contribution in [2.75, 3.05) is 18.1 Å². The van der Waals surface area contributed by atoms with Gasteiger partial charge in [-0.2, -0.15) is 0 Å². The zero-order valence-electron chi connectivity index (χ0n) is 12.6. The summed E-state index contributed by atoms with van der Waals surface area (Å²) in [5, 5.41) is 14.4. The number of nitrogens with zero attached hydrogens (tertiary/aromatic N) is 1. The lowest BCUT2D eigenvalue weighted by molar-refractivity contribution is -0.117. The molecule has 6 nitrogen and oxygen atoms in total. The molecule has 1 unspecified atom stereocenters. The number of anilines is 1. The Morgan fingerprint density at radius 2 is 2.23 bits per heavy atom. The van der Waals surface area contributed by atoms with Gasteiger partial charge in [-0.3, -0.25) is 4.79 Å². The van der Waals surface area contributed by atoms with E-state index in [9.17, 15) is 14.0 Å². The van der Waals surface area contributed by atoms with E-state index in [1.54, 1.807) is 19.9 Å². The molecule has 1 aromatic rings. The highest BCUT2D eigenvalue weighted by atomic mass is 19.1. The maximum absolute atomic E-state index is 13.2. The van der Waals surface area contributed by atoms with E-state index in [2.05, 4.69) is 10.6 Å². The fraction of sp³-hybridized carbons (Fsp3) is 0.467. The molecule has 3 N–H and O–H groups in total. The summed E-state index contributed by atoms with van der Waals surface area (Å²) in [5.74, 6) is -0.582. The molecule has 3 amide bonds. The van der Waals surface area contributed by atoms with Crippen LogP contribution in [0.15, 0.2) is 24.3 Å². The first-order chi connectivity index (χ1) is 10.3. The van der Waals surface area contributed by atoms with Crippen LogP contribution in [-0.4, -0.2) is 41.8 Å². The van der Waals surface area contributed by atoms with Gasteiger partial charge in [0.2, 0.25) is 5.91 Å². The molecule has 1 atom stereocenters. The number of halogens is 1. The van der Waals surface area contributed by atoms with Crippen LogP contribution in [0.1, 0.15) is 20.3 Å². The molecule has 1 fully saturated rings. The average molecular weight is 309 g/mol. The van der Waals surface area contributed by atoms with Crippen molar-refractivity contribution in [1.82, 2.24) is 10.6 Å². The molecule has 7 heteroatoms. The van der Waals surface area contributed by atoms with Gasteiger partial charge in [0.1, 0.15) is 5.82 Å². The van der Waals surface area contributed by atoms with Gasteiger partial charge in [0, 0.05) is 18.7 Å². The van der Waals surface area contributed by atoms with E-state index in [1.807, 2.05) is 0 Å². The standard InChI is InChI=1S/C15H20FN3O3/c1-15(2,9-20)18-14(22)17-11-7-13(21)19(8-11)12-5-3-4-10(16)6-12/h3-6,11,20H,7-9H2,1-2H3,(H2,17,18,22). The molecule has 22 heavy (non-hydrogen) atoms. The van der Waals surface area contributed by atoms with Gasteiger partial charge in [-0.15, -0.1) is 0 Å². The van der Waals surface area contributed by atoms with Crippen LogP contribution in [0.5, 0.6) is 0 Å². The predicted molar refractivity (Wildman–Crippen MR) is 80.0 cm³/mol. The second kappa shape index (κ2) is 6.31. The van der Waals surface area contributed by atoms with E-state index in [0.717, 1.165) is 0 Å². The summed E-state index contributed by atoms with van der Waals surface area (Å²) in [7, 11) is 0. The average Bonchev–Trinajstić information content (AvgIpc) is 2.78. The van der Waals surface area contributed by atoms with Crippen LogP contribution in [-0.2, 0) is 4.79 Å². The first-order valence-corrected chi connectivity index (χ1v) is 7.06. The van der Waals surface area contributed by atoms with Gasteiger partial charge in [-0.05, 0) is 32.0 Å². The Kier molecular flexibility index (Phi) is 4.65. The van der Waals surface area contributed by atoms with E-state index >= 15 is 0 Å². The number of nitrogens with one attached hydrogen (secondary N) is 2. The van der Waals surface area contributed by atoms with E-state index in [4.69, 9.17) is 5.11 Å². The molecule has 0 aliphatic carbocycles. The fourth-order valence-electron chi connectivity index (χ4n) is 2.27. The summed E-state index contributed by atoms with van der Waals surface area (Å²) in [6.45, 7) is 3.46. The van der Waals surface area contributed by atoms with Crippen LogP contribution in [0.25, 0.3) is 0 Å². The summed E-state index contributed by atoms with van der Waals surface area (Å²) < 4.78 is 13.2. The molecular formula is C15H20FN3O3. The Labute approximate surface area is 128 Å². The van der Waals surface area contributed by atoms with Crippen LogP contribution >= 0.6 is 0 Å². The largest absolute Gasteiger partial charge is 0.394 e. The van der Waals surface area contributed by atoms with Gasteiger partial charge in [0.25, 0.3) is 0 Å². The quantitative estimate of drug-likeness (QED) is 0.776. The van der Waals surface area contributed by atoms with Gasteiger partial charge >= 0.3 is 6.03 Å². The molecule has 0 saturated carbocycles. The van der Waals surface area contributed by atoms with Crippen molar-refractivity contribution in [2.24, 2.45) is 0 Å². The highest BCUT2D eigenvalue weighted by Crippen LogP contribution is 2.22. The number of hydrogen-bond donors (Lipinski definition) is 3. The summed E-state index contributed by atoms with van der Waals surface area (Å²) in [6.07, 6.45) is 0.156. The van der Waals surface area contributed by atoms with Crippen molar-refractivity contribution < 1.29 is 19.1 Å². The number of aliphatic hydroxyl groups is 1. The lowest BCUT2D eigenvalue weighted by atomic mass is 10.1. The number of urea groups is 1. The molecule has 2 rings (SSSR count). The Balaban J connectivity index is 1.96. The molecule has 1 aliphatic heterocycles. The maximum Gasteiger partial charge on any atom is 0.315 e. The van der Waals surface area contributed by atoms with Crippen LogP contribution in [0.3, 0.4) is 0 Å². The molecule has 1 heterocycles. The molecule has 120 valence electrons. The summed E-state index contributed by atoms with van der Waals surface area (Å²) in [5.41, 5.74) is -0.264. The minimum absolute atomic E-state index is 0.156. The Morgan fingerprint density at radius 3 is 2.86 bits per heavy atom. The Morgan fingerprint density at radius 1 is 1.50 bits per heavy atom. The monoisotopic (exact) mass is 309 g/mol. The van der Waals surface area contributed by atoms with Gasteiger partial charge in [0.05, 0.1) is 18.2 Å². The van der Waals surface area contributed by atoms with Crippen LogP contribution in [0.2, 0.25) is 0 Å². The Hall–Kier alpha value is -2.15. The molecule has 0 radical (unpaired) electrons. The zero-order valence-corrected chi connectivity index (χ0v) is 12.6. The molecule has 1 saturated heterocycles. The van der Waals surface area contributed by atoms with Crippen LogP contribution < -0.4 is 15.5 Å². The first-order valence-electron chi connectivity index (χ1n) is 7.06. The van der Waals surface area contributed by atoms with Crippen molar-refractivity contribution in [3.63, 3.8) is 0 Å². The lowest BCUT2D eigenvalue weighted by Crippen LogP contribution is -2.53. The second-order valence-electron chi connectivity index (χ2n) is 6.03. The topological polar surface area (TPSA) is 81.7 Å². The van der Waals surface area contributed by atoms with Crippen molar-refractivity contribution >= 4 is 17.6 Å². The van der Waals surface area contributed by atoms with Crippen molar-refractivity contribution in [1.29, 1.82) is 0 Å². The predicted octanol–water partition coefficient (Wildman–Crippen LogP) is 1.00. The van der Waals surface area contributed by atoms with Crippen LogP contribution in [0.4, 0.5) is 14.9 Å². The fourth-order valence-corrected chi connectivity index (χ4v) is 2.27. The van der Waals surface area contributed by atoms with E-state index < -0.39 is 17.4 Å². The minimum Gasteiger partial charge on any atom is -0.394 e. The molecule has 0 aromatic heterocycles. The van der Waals surface area contributed by atoms with Gasteiger partial charge in [0.15, 0.2) is 0 Å². The zero-order chi connectivity index (χ0) is 16.3. The molecule has 0 bridgehead atoms. The van der Waals surface area contributed by atoms with E-state index in [-0.39, 0.29) is 31.5 Å². The van der Waals surface area contributed by atoms with Crippen molar-refractivity contribution in [2.45, 2.75) is 31.8 Å². The Bertz CT molecular complexity index is 577. The number of carbonyl (C=O) groups is 2. The highest BCUT2D eigenvalue weighted by Gasteiger charge is 2.32. The van der Waals surface area contributed by atoms with E-state index in [0.29, 0.717) is 5.69 Å². The van der Waals surface area contributed by atoms with Gasteiger partial charge < -0.3 is 20.6 Å². The number of aliphatic hydroxyl groups excluding tert-OH is 1. The summed E-state index contributed by atoms with van der Waals surface area (Å²) >= 11 is 0. The second-order valence-corrected chi connectivity index (χ2v) is 6.03. The molecule has 1 aromatic carbocycles. The van der Waals surface area contributed by atoms with Crippen LogP contribution in [0, 0.1) is 5.82 Å². The highest BCUT2D eigenvalue weighted by molar-refractivity contribution is 5.96. The van der Waals surface area contributed by atoms with Crippen molar-refractivity contribution in [3.05, 3.63) is 30.1 Å². The smallest absolute Gasteiger partial charge is 0.315 e. The number of amides is 3. The summed E-state index contributed by atoms with van der Waals surface area (Å²) in [4.78, 5) is 25.3. The van der Waals surface area contributed by atoms with Crippen molar-refractivity contribution in [3.8, 4) is 0 Å². The third-order valence-corrected chi connectivity index (χ3v) is 3.43. The third-order valence-electron chi connectivity index (χ3n) is 3.43. The van der Waals surface area contributed by atoms with Gasteiger partial charge in [-0.1, -0.05) is 6.07 Å². The minimum atomic E-state index is -0.741. The number of carbonyl (C=O) groups excluding carboxylic acids is 2. The maximum atomic E-state index is 13.2. The van der Waals surface area contributed by atoms with Gasteiger partial charge in [-0.25, -0.2) is 9.18 Å². The molecule has 0 spiro atoms. The number of rotatable bonds is 4. The summed E-state index contributed by atoms with van der Waals surface area (Å²) in [6, 6.07) is 4.98. The molecular weight excluding hydrogens is 289 g/mol. The number of benzene rings is 1. The lowest BCUT2D eigenvalue weighted by Gasteiger charge is -2.25. The molecule has 1 aliphatic rings.